The van der Waals surface area contributed by atoms with Gasteiger partial charge in [-0.15, -0.1) is 0 Å². The molecule has 94 valence electrons. The minimum Gasteiger partial charge on any atom is -0.481 e. The Morgan fingerprint density at radius 3 is 2.31 bits per heavy atom. The highest BCUT2D eigenvalue weighted by Crippen LogP contribution is 2.13. The van der Waals surface area contributed by atoms with Crippen molar-refractivity contribution in [3.8, 4) is 0 Å². The molecule has 2 amide bonds. The van der Waals surface area contributed by atoms with Gasteiger partial charge < -0.3 is 15.3 Å². The number of nitrogens with zero attached hydrogens (tertiary/aromatic N) is 1. The average molecular weight is 230 g/mol. The predicted octanol–water partition coefficient (Wildman–Crippen LogP) is 1.54. The van der Waals surface area contributed by atoms with Crippen LogP contribution >= 0.6 is 0 Å². The molecule has 0 saturated carbocycles. The Hall–Kier alpha value is -1.26. The molecule has 16 heavy (non-hydrogen) atoms. The first-order valence-corrected chi connectivity index (χ1v) is 5.46. The average Bonchev–Trinajstić information content (AvgIpc) is 2.23. The van der Waals surface area contributed by atoms with Crippen LogP contribution in [0.1, 0.15) is 34.1 Å². The third kappa shape index (κ3) is 4.08. The summed E-state index contributed by atoms with van der Waals surface area (Å²) in [6.07, 6.45) is 0.867. The van der Waals surface area contributed by atoms with E-state index in [-0.39, 0.29) is 18.6 Å². The van der Waals surface area contributed by atoms with Gasteiger partial charge in [-0.2, -0.15) is 0 Å². The molecule has 0 radical (unpaired) electrons. The minimum atomic E-state index is -0.939. The fourth-order valence-electron chi connectivity index (χ4n) is 0.971. The van der Waals surface area contributed by atoms with Gasteiger partial charge in [-0.1, -0.05) is 6.92 Å². The maximum Gasteiger partial charge on any atom is 0.317 e. The summed E-state index contributed by atoms with van der Waals surface area (Å²) in [6, 6.07) is -0.0865. The first kappa shape index (κ1) is 14.7. The van der Waals surface area contributed by atoms with E-state index in [1.807, 2.05) is 13.8 Å². The van der Waals surface area contributed by atoms with E-state index < -0.39 is 11.4 Å². The van der Waals surface area contributed by atoms with Gasteiger partial charge in [-0.25, -0.2) is 4.79 Å². The fraction of sp³-hybridized carbons (Fsp3) is 0.818. The lowest BCUT2D eigenvalue weighted by Gasteiger charge is -2.26. The van der Waals surface area contributed by atoms with Crippen LogP contribution in [0.5, 0.6) is 0 Å². The number of carbonyl (C=O) groups is 2. The highest BCUT2D eigenvalue weighted by molar-refractivity contribution is 5.77. The van der Waals surface area contributed by atoms with Gasteiger partial charge in [-0.3, -0.25) is 4.79 Å². The number of carboxylic acid groups (broad SMARTS) is 1. The summed E-state index contributed by atoms with van der Waals surface area (Å²) in [5, 5.41) is 11.5. The second-order valence-corrected chi connectivity index (χ2v) is 4.72. The Labute approximate surface area is 96.8 Å². The molecule has 0 fully saturated rings. The Morgan fingerprint density at radius 2 is 1.94 bits per heavy atom. The largest absolute Gasteiger partial charge is 0.481 e. The lowest BCUT2D eigenvalue weighted by atomic mass is 9.94. The van der Waals surface area contributed by atoms with Crippen LogP contribution in [0, 0.1) is 5.41 Å². The van der Waals surface area contributed by atoms with Crippen molar-refractivity contribution < 1.29 is 14.7 Å². The number of amides is 2. The highest BCUT2D eigenvalue weighted by Gasteiger charge is 2.28. The molecule has 0 aromatic rings. The maximum absolute atomic E-state index is 11.6. The van der Waals surface area contributed by atoms with Gasteiger partial charge in [0.15, 0.2) is 0 Å². The number of hydrogen-bond acceptors (Lipinski definition) is 2. The molecule has 0 aromatic heterocycles. The van der Waals surface area contributed by atoms with Crippen molar-refractivity contribution in [1.82, 2.24) is 10.2 Å². The van der Waals surface area contributed by atoms with Gasteiger partial charge in [-0.05, 0) is 27.2 Å². The molecule has 0 aliphatic rings. The van der Waals surface area contributed by atoms with E-state index in [0.29, 0.717) is 0 Å². The lowest BCUT2D eigenvalue weighted by molar-refractivity contribution is -0.146. The topological polar surface area (TPSA) is 69.6 Å². The van der Waals surface area contributed by atoms with Crippen LogP contribution in [-0.4, -0.2) is 41.6 Å². The number of carbonyl (C=O) groups excluding carboxylic acids is 1. The summed E-state index contributed by atoms with van der Waals surface area (Å²) in [7, 11) is 1.71. The Balaban J connectivity index is 4.22. The van der Waals surface area contributed by atoms with Crippen LogP contribution < -0.4 is 5.32 Å². The van der Waals surface area contributed by atoms with E-state index in [4.69, 9.17) is 5.11 Å². The van der Waals surface area contributed by atoms with Crippen LogP contribution in [0.3, 0.4) is 0 Å². The number of rotatable bonds is 5. The predicted molar refractivity (Wildman–Crippen MR) is 62.3 cm³/mol. The third-order valence-corrected chi connectivity index (χ3v) is 2.83. The molecule has 0 spiro atoms. The second kappa shape index (κ2) is 5.72. The SMILES string of the molecule is CCC(C)N(C)C(=O)NCC(C)(C)C(=O)O. The van der Waals surface area contributed by atoms with Gasteiger partial charge in [0.2, 0.25) is 0 Å². The van der Waals surface area contributed by atoms with E-state index in [1.165, 1.54) is 0 Å². The standard InChI is InChI=1S/C11H22N2O3/c1-6-8(2)13(5)10(16)12-7-11(3,4)9(14)15/h8H,6-7H2,1-5H3,(H,12,16)(H,14,15). The van der Waals surface area contributed by atoms with Crippen LogP contribution in [0.15, 0.2) is 0 Å². The third-order valence-electron chi connectivity index (χ3n) is 2.83. The number of aliphatic carboxylic acids is 1. The highest BCUT2D eigenvalue weighted by atomic mass is 16.4. The van der Waals surface area contributed by atoms with E-state index in [0.717, 1.165) is 6.42 Å². The molecule has 0 aromatic carbocycles. The van der Waals surface area contributed by atoms with Gasteiger partial charge in [0.25, 0.3) is 0 Å². The number of carboxylic acids is 1. The van der Waals surface area contributed by atoms with Crippen molar-refractivity contribution in [2.45, 2.75) is 40.2 Å². The van der Waals surface area contributed by atoms with Crippen molar-refractivity contribution >= 4 is 12.0 Å². The van der Waals surface area contributed by atoms with Crippen LogP contribution in [0.25, 0.3) is 0 Å². The smallest absolute Gasteiger partial charge is 0.317 e. The second-order valence-electron chi connectivity index (χ2n) is 4.72. The molecular formula is C11H22N2O3. The van der Waals surface area contributed by atoms with Crippen molar-refractivity contribution in [3.63, 3.8) is 0 Å². The molecule has 0 aliphatic heterocycles. The monoisotopic (exact) mass is 230 g/mol. The molecule has 0 rings (SSSR count). The molecule has 5 nitrogen and oxygen atoms in total. The number of nitrogens with one attached hydrogen (secondary N) is 1. The molecule has 0 aliphatic carbocycles. The molecule has 0 heterocycles. The molecule has 1 atom stereocenters. The van der Waals surface area contributed by atoms with Crippen LogP contribution in [0.2, 0.25) is 0 Å². The van der Waals surface area contributed by atoms with Crippen molar-refractivity contribution in [2.24, 2.45) is 5.41 Å². The zero-order valence-electron chi connectivity index (χ0n) is 10.7. The van der Waals surface area contributed by atoms with E-state index in [2.05, 4.69) is 5.32 Å². The van der Waals surface area contributed by atoms with Crippen LogP contribution in [-0.2, 0) is 4.79 Å². The molecular weight excluding hydrogens is 208 g/mol. The maximum atomic E-state index is 11.6. The fourth-order valence-corrected chi connectivity index (χ4v) is 0.971. The lowest BCUT2D eigenvalue weighted by Crippen LogP contribution is -2.46. The number of hydrogen-bond donors (Lipinski definition) is 2. The molecule has 1 unspecified atom stereocenters. The Morgan fingerprint density at radius 1 is 1.44 bits per heavy atom. The van der Waals surface area contributed by atoms with E-state index in [1.54, 1.807) is 25.8 Å². The summed E-state index contributed by atoms with van der Waals surface area (Å²) in [5.74, 6) is -0.918. The summed E-state index contributed by atoms with van der Waals surface area (Å²) in [5.41, 5.74) is -0.939. The van der Waals surface area contributed by atoms with Gasteiger partial charge in [0.05, 0.1) is 5.41 Å². The van der Waals surface area contributed by atoms with Gasteiger partial charge in [0.1, 0.15) is 0 Å². The van der Waals surface area contributed by atoms with Crippen molar-refractivity contribution in [3.05, 3.63) is 0 Å². The Kier molecular flexibility index (Phi) is 5.27. The van der Waals surface area contributed by atoms with Gasteiger partial charge in [0, 0.05) is 19.6 Å². The quantitative estimate of drug-likeness (QED) is 0.752. The summed E-state index contributed by atoms with van der Waals surface area (Å²) in [4.78, 5) is 24.0. The first-order valence-electron chi connectivity index (χ1n) is 5.46. The van der Waals surface area contributed by atoms with E-state index >= 15 is 0 Å². The number of urea groups is 1. The minimum absolute atomic E-state index is 0.127. The first-order chi connectivity index (χ1) is 7.22. The summed E-state index contributed by atoms with van der Waals surface area (Å²) in [6.45, 7) is 7.23. The van der Waals surface area contributed by atoms with E-state index in [9.17, 15) is 9.59 Å². The zero-order valence-corrected chi connectivity index (χ0v) is 10.7. The van der Waals surface area contributed by atoms with Gasteiger partial charge >= 0.3 is 12.0 Å². The summed E-state index contributed by atoms with van der Waals surface area (Å²) < 4.78 is 0. The summed E-state index contributed by atoms with van der Waals surface area (Å²) >= 11 is 0. The Bertz CT molecular complexity index is 264. The molecule has 0 bridgehead atoms. The van der Waals surface area contributed by atoms with Crippen molar-refractivity contribution in [1.29, 1.82) is 0 Å². The normalized spacial score (nSPS) is 13.1. The zero-order chi connectivity index (χ0) is 12.9. The van der Waals surface area contributed by atoms with Crippen molar-refractivity contribution in [2.75, 3.05) is 13.6 Å². The van der Waals surface area contributed by atoms with Crippen LogP contribution in [0.4, 0.5) is 4.79 Å². The molecule has 5 heteroatoms. The molecule has 0 saturated heterocycles. The molecule has 2 N–H and O–H groups in total.